The van der Waals surface area contributed by atoms with E-state index in [4.69, 9.17) is 13.8 Å². The van der Waals surface area contributed by atoms with Crippen LogP contribution in [0.5, 0.6) is 0 Å². The molecule has 194 valence electrons. The Labute approximate surface area is 212 Å². The Morgan fingerprint density at radius 1 is 1.00 bits per heavy atom. The Kier molecular flexibility index (Phi) is 8.85. The molecule has 5 nitrogen and oxygen atoms in total. The Bertz CT molecular complexity index is 752. The zero-order valence-electron chi connectivity index (χ0n) is 21.4. The molecule has 4 aliphatic rings. The Morgan fingerprint density at radius 3 is 2.32 bits per heavy atom. The van der Waals surface area contributed by atoms with Crippen molar-refractivity contribution in [3.63, 3.8) is 0 Å². The first-order valence-electron chi connectivity index (χ1n) is 13.4. The van der Waals surface area contributed by atoms with Crippen LogP contribution >= 0.6 is 27.4 Å². The number of hydrogen-bond donors (Lipinski definition) is 0. The van der Waals surface area contributed by atoms with E-state index in [1.165, 1.54) is 25.7 Å². The minimum atomic E-state index is -0.0611. The maximum Gasteiger partial charge on any atom is 0.305 e. The van der Waals surface area contributed by atoms with Crippen molar-refractivity contribution in [3.8, 4) is 0 Å². The molecule has 0 bridgehead atoms. The molecule has 4 rings (SSSR count). The van der Waals surface area contributed by atoms with Crippen LogP contribution in [0, 0.1) is 46.3 Å². The molecule has 0 radical (unpaired) electrons. The summed E-state index contributed by atoms with van der Waals surface area (Å²) in [6, 6.07) is 0. The van der Waals surface area contributed by atoms with Crippen LogP contribution in [0.25, 0.3) is 0 Å². The van der Waals surface area contributed by atoms with Crippen molar-refractivity contribution in [2.24, 2.45) is 46.3 Å². The Morgan fingerprint density at radius 2 is 1.68 bits per heavy atom. The second-order valence-corrected chi connectivity index (χ2v) is 13.7. The molecular weight excluding hydrogens is 485 g/mol. The van der Waals surface area contributed by atoms with E-state index in [1.807, 2.05) is 6.92 Å². The van der Waals surface area contributed by atoms with Gasteiger partial charge in [-0.15, -0.1) is 0 Å². The van der Waals surface area contributed by atoms with Crippen molar-refractivity contribution in [2.45, 2.75) is 103 Å². The highest BCUT2D eigenvalue weighted by Gasteiger charge is 2.66. The minimum absolute atomic E-state index is 0.0148. The SMILES string of the molecule is CCOC(=O)CC[C@H](C)C1CCC2C3C(CC[C@@]21C)[C@@]1(C)CC[C@@H](P=O)C[C@H]1[C@H](OP)[C@@H]3OP. The van der Waals surface area contributed by atoms with Crippen LogP contribution in [0.4, 0.5) is 0 Å². The van der Waals surface area contributed by atoms with Crippen LogP contribution in [-0.2, 0) is 23.1 Å². The van der Waals surface area contributed by atoms with Gasteiger partial charge in [0, 0.05) is 31.0 Å². The van der Waals surface area contributed by atoms with Crippen molar-refractivity contribution >= 4 is 33.4 Å². The summed E-state index contributed by atoms with van der Waals surface area (Å²) in [7, 11) is 5.38. The molecule has 4 saturated carbocycles. The van der Waals surface area contributed by atoms with Gasteiger partial charge in [0.25, 0.3) is 0 Å². The molecule has 13 atom stereocenters. The highest BCUT2D eigenvalue weighted by Crippen LogP contribution is 2.69. The third-order valence-corrected chi connectivity index (χ3v) is 12.4. The summed E-state index contributed by atoms with van der Waals surface area (Å²) >= 11 is 0. The molecule has 0 saturated heterocycles. The van der Waals surface area contributed by atoms with E-state index in [0.717, 1.165) is 25.7 Å². The van der Waals surface area contributed by atoms with Crippen molar-refractivity contribution in [1.82, 2.24) is 0 Å². The second kappa shape index (κ2) is 11.0. The normalized spacial score (nSPS) is 46.9. The number of rotatable bonds is 8. The van der Waals surface area contributed by atoms with E-state index in [0.29, 0.717) is 48.5 Å². The largest absolute Gasteiger partial charge is 0.466 e. The van der Waals surface area contributed by atoms with Crippen LogP contribution in [0.15, 0.2) is 0 Å². The molecule has 4 fully saturated rings. The average molecular weight is 531 g/mol. The molecule has 0 heterocycles. The lowest BCUT2D eigenvalue weighted by molar-refractivity contribution is -0.195. The van der Waals surface area contributed by atoms with E-state index < -0.39 is 0 Å². The van der Waals surface area contributed by atoms with Crippen molar-refractivity contribution in [1.29, 1.82) is 0 Å². The molecule has 0 spiro atoms. The minimum Gasteiger partial charge on any atom is -0.466 e. The molecular formula is C26H45O5P3. The van der Waals surface area contributed by atoms with Gasteiger partial charge in [-0.3, -0.25) is 9.36 Å². The predicted molar refractivity (Wildman–Crippen MR) is 142 cm³/mol. The first-order chi connectivity index (χ1) is 16.2. The summed E-state index contributed by atoms with van der Waals surface area (Å²) in [5, 5.41) is 0. The Hall–Kier alpha value is 0.350. The van der Waals surface area contributed by atoms with E-state index in [2.05, 4.69) is 39.7 Å². The van der Waals surface area contributed by atoms with Gasteiger partial charge in [0.1, 0.15) is 0 Å². The predicted octanol–water partition coefficient (Wildman–Crippen LogP) is 6.86. The maximum absolute atomic E-state index is 12.0. The fourth-order valence-corrected chi connectivity index (χ4v) is 10.6. The van der Waals surface area contributed by atoms with Crippen LogP contribution in [0.3, 0.4) is 0 Å². The molecule has 34 heavy (non-hydrogen) atoms. The first-order valence-corrected chi connectivity index (χ1v) is 15.3. The van der Waals surface area contributed by atoms with Crippen molar-refractivity contribution in [2.75, 3.05) is 6.61 Å². The van der Waals surface area contributed by atoms with Gasteiger partial charge in [0.15, 0.2) is 8.46 Å². The number of hydrogen-bond acceptors (Lipinski definition) is 5. The standard InChI is InChI=1S/C26H45O5P3/c1-5-29-21(27)9-6-15(2)17-7-8-18-22-19(11-13-25(17,18)3)26(4)12-10-16(34-28)14-20(26)23(30-32)24(22)31-33/h15-20,22-24H,5-14,32-33H2,1-4H3/t15-,16+,17?,18?,19?,20-,22?,23-,24+,25+,26+/m0/s1. The summed E-state index contributed by atoms with van der Waals surface area (Å²) in [6.45, 7) is 9.72. The van der Waals surface area contributed by atoms with Gasteiger partial charge in [-0.05, 0) is 105 Å². The number of esters is 1. The Balaban J connectivity index is 1.59. The van der Waals surface area contributed by atoms with Gasteiger partial charge < -0.3 is 13.8 Å². The van der Waals surface area contributed by atoms with Crippen LogP contribution < -0.4 is 0 Å². The zero-order chi connectivity index (χ0) is 24.7. The molecule has 6 unspecified atom stereocenters. The lowest BCUT2D eigenvalue weighted by Crippen LogP contribution is -2.64. The molecule has 4 aliphatic carbocycles. The first kappa shape index (κ1) is 27.4. The number of carbonyl (C=O) groups excluding carboxylic acids is 1. The summed E-state index contributed by atoms with van der Waals surface area (Å²) in [5.41, 5.74) is 0.727. The summed E-state index contributed by atoms with van der Waals surface area (Å²) in [6.07, 6.45) is 9.62. The second-order valence-electron chi connectivity index (χ2n) is 12.2. The summed E-state index contributed by atoms with van der Waals surface area (Å²) < 4.78 is 29.3. The van der Waals surface area contributed by atoms with Crippen LogP contribution in [0.1, 0.15) is 85.5 Å². The molecule has 0 N–H and O–H groups in total. The van der Waals surface area contributed by atoms with Crippen LogP contribution in [-0.4, -0.2) is 30.4 Å². The third kappa shape index (κ3) is 4.58. The highest BCUT2D eigenvalue weighted by molar-refractivity contribution is 7.24. The number of ether oxygens (including phenoxy) is 1. The molecule has 0 aromatic rings. The van der Waals surface area contributed by atoms with Gasteiger partial charge in [-0.25, -0.2) is 0 Å². The topological polar surface area (TPSA) is 61.8 Å². The molecule has 0 aromatic carbocycles. The van der Waals surface area contributed by atoms with Gasteiger partial charge in [0.05, 0.1) is 18.8 Å². The van der Waals surface area contributed by atoms with Gasteiger partial charge in [-0.1, -0.05) is 20.8 Å². The van der Waals surface area contributed by atoms with Gasteiger partial charge in [0.2, 0.25) is 0 Å². The van der Waals surface area contributed by atoms with Gasteiger partial charge >= 0.3 is 5.97 Å². The summed E-state index contributed by atoms with van der Waals surface area (Å²) in [5.74, 6) is 3.17. The summed E-state index contributed by atoms with van der Waals surface area (Å²) in [4.78, 5) is 12.0. The van der Waals surface area contributed by atoms with E-state index in [1.54, 1.807) is 0 Å². The van der Waals surface area contributed by atoms with E-state index in [9.17, 15) is 9.36 Å². The number of carbonyl (C=O) groups is 1. The lowest BCUT2D eigenvalue weighted by atomic mass is 9.43. The van der Waals surface area contributed by atoms with Crippen molar-refractivity contribution in [3.05, 3.63) is 0 Å². The fraction of sp³-hybridized carbons (Fsp3) is 0.962. The van der Waals surface area contributed by atoms with E-state index >= 15 is 0 Å². The maximum atomic E-state index is 12.0. The molecule has 8 heteroatoms. The smallest absolute Gasteiger partial charge is 0.305 e. The van der Waals surface area contributed by atoms with E-state index in [-0.39, 0.29) is 43.1 Å². The zero-order valence-corrected chi connectivity index (χ0v) is 24.6. The molecule has 0 amide bonds. The monoisotopic (exact) mass is 530 g/mol. The van der Waals surface area contributed by atoms with Crippen LogP contribution in [0.2, 0.25) is 0 Å². The quantitative estimate of drug-likeness (QED) is 0.254. The average Bonchev–Trinajstić information content (AvgIpc) is 3.18. The van der Waals surface area contributed by atoms with Crippen molar-refractivity contribution < 1.29 is 23.1 Å². The molecule has 0 aromatic heterocycles. The third-order valence-electron chi connectivity index (χ3n) is 11.0. The van der Waals surface area contributed by atoms with Gasteiger partial charge in [-0.2, -0.15) is 0 Å². The fourth-order valence-electron chi connectivity index (χ4n) is 9.37. The lowest BCUT2D eigenvalue weighted by Gasteiger charge is -2.64. The number of fused-ring (bicyclic) bond motifs is 5. The molecule has 0 aliphatic heterocycles. The highest BCUT2D eigenvalue weighted by atomic mass is 31.1.